The molecular formula is C13H12N6OS. The number of aryl methyl sites for hydroxylation is 2. The predicted octanol–water partition coefficient (Wildman–Crippen LogP) is 2.64. The van der Waals surface area contributed by atoms with Gasteiger partial charge in [0.25, 0.3) is 0 Å². The molecule has 4 aromatic heterocycles. The van der Waals surface area contributed by atoms with Gasteiger partial charge in [-0.15, -0.1) is 10.2 Å². The Labute approximate surface area is 123 Å². The predicted molar refractivity (Wildman–Crippen MR) is 78.0 cm³/mol. The fourth-order valence-electron chi connectivity index (χ4n) is 2.21. The lowest BCUT2D eigenvalue weighted by Crippen LogP contribution is -1.98. The van der Waals surface area contributed by atoms with Crippen molar-refractivity contribution in [3.05, 3.63) is 30.2 Å². The Morgan fingerprint density at radius 1 is 1.29 bits per heavy atom. The molecule has 4 aromatic rings. The maximum atomic E-state index is 5.36. The highest BCUT2D eigenvalue weighted by Crippen LogP contribution is 2.27. The molecule has 106 valence electrons. The number of aromatic nitrogens is 6. The number of fused-ring (bicyclic) bond motifs is 1. The molecule has 0 spiro atoms. The molecule has 0 aliphatic carbocycles. The summed E-state index contributed by atoms with van der Waals surface area (Å²) in [4.78, 5) is 0.722. The number of hydrogen-bond acceptors (Lipinski definition) is 6. The van der Waals surface area contributed by atoms with Crippen LogP contribution in [0.3, 0.4) is 0 Å². The number of furan rings is 1. The van der Waals surface area contributed by atoms with Gasteiger partial charge in [-0.05, 0) is 32.0 Å². The van der Waals surface area contributed by atoms with Crippen LogP contribution >= 0.6 is 11.3 Å². The lowest BCUT2D eigenvalue weighted by Gasteiger charge is -1.95. The van der Waals surface area contributed by atoms with E-state index in [2.05, 4.69) is 27.3 Å². The van der Waals surface area contributed by atoms with Gasteiger partial charge in [-0.3, -0.25) is 4.68 Å². The minimum atomic E-state index is 0.601. The first kappa shape index (κ1) is 12.3. The van der Waals surface area contributed by atoms with Gasteiger partial charge < -0.3 is 4.42 Å². The molecule has 4 heterocycles. The molecule has 0 aliphatic rings. The third-order valence-electron chi connectivity index (χ3n) is 3.23. The topological polar surface area (TPSA) is 74.0 Å². The average molecular weight is 300 g/mol. The van der Waals surface area contributed by atoms with Crippen LogP contribution in [-0.2, 0) is 6.54 Å². The summed E-state index contributed by atoms with van der Waals surface area (Å²) in [5.41, 5.74) is 1.97. The molecule has 21 heavy (non-hydrogen) atoms. The molecule has 0 amide bonds. The molecule has 0 unspecified atom stereocenters. The van der Waals surface area contributed by atoms with E-state index in [4.69, 9.17) is 4.42 Å². The first-order chi connectivity index (χ1) is 10.3. The number of nitrogens with zero attached hydrogens (tertiary/aromatic N) is 6. The summed E-state index contributed by atoms with van der Waals surface area (Å²) in [5.74, 6) is 1.25. The minimum Gasteiger partial charge on any atom is -0.461 e. The van der Waals surface area contributed by atoms with Crippen LogP contribution in [-0.4, -0.2) is 29.6 Å². The van der Waals surface area contributed by atoms with E-state index >= 15 is 0 Å². The fourth-order valence-corrected chi connectivity index (χ4v) is 3.01. The van der Waals surface area contributed by atoms with E-state index in [1.165, 1.54) is 11.3 Å². The molecule has 7 nitrogen and oxygen atoms in total. The molecule has 0 fully saturated rings. The highest BCUT2D eigenvalue weighted by atomic mass is 32.1. The maximum Gasteiger partial charge on any atom is 0.235 e. The SMILES string of the molecule is CCn1nc(-c2nn3c(-c4ccco4)nnc3s2)cc1C. The lowest BCUT2D eigenvalue weighted by molar-refractivity contribution is 0.575. The minimum absolute atomic E-state index is 0.601. The summed E-state index contributed by atoms with van der Waals surface area (Å²) in [6, 6.07) is 5.68. The van der Waals surface area contributed by atoms with Gasteiger partial charge in [0.15, 0.2) is 10.8 Å². The monoisotopic (exact) mass is 300 g/mol. The Balaban J connectivity index is 1.84. The highest BCUT2D eigenvalue weighted by Gasteiger charge is 2.17. The van der Waals surface area contributed by atoms with E-state index in [0.29, 0.717) is 11.6 Å². The van der Waals surface area contributed by atoms with Gasteiger partial charge >= 0.3 is 0 Å². The summed E-state index contributed by atoms with van der Waals surface area (Å²) in [6.07, 6.45) is 1.61. The van der Waals surface area contributed by atoms with Crippen molar-refractivity contribution in [2.75, 3.05) is 0 Å². The first-order valence-electron chi connectivity index (χ1n) is 6.57. The summed E-state index contributed by atoms with van der Waals surface area (Å²) in [7, 11) is 0. The third-order valence-corrected chi connectivity index (χ3v) is 4.15. The second-order valence-corrected chi connectivity index (χ2v) is 5.55. The largest absolute Gasteiger partial charge is 0.461 e. The molecule has 4 rings (SSSR count). The van der Waals surface area contributed by atoms with E-state index in [1.807, 2.05) is 29.8 Å². The van der Waals surface area contributed by atoms with Crippen molar-refractivity contribution in [1.82, 2.24) is 29.6 Å². The van der Waals surface area contributed by atoms with Crippen molar-refractivity contribution in [3.63, 3.8) is 0 Å². The second kappa shape index (κ2) is 4.52. The van der Waals surface area contributed by atoms with Crippen LogP contribution in [0.4, 0.5) is 0 Å². The van der Waals surface area contributed by atoms with Crippen LogP contribution < -0.4 is 0 Å². The van der Waals surface area contributed by atoms with Crippen molar-refractivity contribution < 1.29 is 4.42 Å². The summed E-state index contributed by atoms with van der Waals surface area (Å²) in [6.45, 7) is 4.94. The third kappa shape index (κ3) is 1.87. The molecule has 0 radical (unpaired) electrons. The molecule has 0 aliphatic heterocycles. The van der Waals surface area contributed by atoms with Crippen LogP contribution in [0.15, 0.2) is 28.9 Å². The lowest BCUT2D eigenvalue weighted by atomic mass is 10.4. The summed E-state index contributed by atoms with van der Waals surface area (Å²) in [5, 5.41) is 18.2. The Kier molecular flexibility index (Phi) is 2.64. The zero-order chi connectivity index (χ0) is 14.4. The maximum absolute atomic E-state index is 5.36. The van der Waals surface area contributed by atoms with Crippen LogP contribution in [0.25, 0.3) is 27.2 Å². The van der Waals surface area contributed by atoms with Crippen LogP contribution in [0.2, 0.25) is 0 Å². The van der Waals surface area contributed by atoms with Gasteiger partial charge in [-0.2, -0.15) is 14.7 Å². The van der Waals surface area contributed by atoms with Gasteiger partial charge in [0.1, 0.15) is 5.69 Å². The molecular weight excluding hydrogens is 288 g/mol. The van der Waals surface area contributed by atoms with Gasteiger partial charge in [-0.25, -0.2) is 0 Å². The van der Waals surface area contributed by atoms with Crippen LogP contribution in [0, 0.1) is 6.92 Å². The van der Waals surface area contributed by atoms with Crippen molar-refractivity contribution >= 4 is 16.3 Å². The van der Waals surface area contributed by atoms with Gasteiger partial charge in [0.2, 0.25) is 10.8 Å². The van der Waals surface area contributed by atoms with E-state index < -0.39 is 0 Å². The molecule has 0 saturated carbocycles. The molecule has 8 heteroatoms. The zero-order valence-electron chi connectivity index (χ0n) is 11.5. The van der Waals surface area contributed by atoms with Gasteiger partial charge in [-0.1, -0.05) is 11.3 Å². The van der Waals surface area contributed by atoms with Crippen molar-refractivity contribution in [2.24, 2.45) is 0 Å². The number of rotatable bonds is 3. The standard InChI is InChI=1S/C13H12N6OS/c1-3-18-8(2)7-9(16-18)12-17-19-11(10-5-4-6-20-10)14-15-13(19)21-12/h4-7H,3H2,1-2H3. The Hall–Kier alpha value is -2.48. The van der Waals surface area contributed by atoms with Crippen molar-refractivity contribution in [2.45, 2.75) is 20.4 Å². The quantitative estimate of drug-likeness (QED) is 0.581. The molecule has 0 bridgehead atoms. The van der Waals surface area contributed by atoms with Gasteiger partial charge in [0.05, 0.1) is 6.26 Å². The smallest absolute Gasteiger partial charge is 0.235 e. The second-order valence-electron chi connectivity index (χ2n) is 4.59. The molecule has 0 saturated heterocycles. The van der Waals surface area contributed by atoms with Crippen LogP contribution in [0.5, 0.6) is 0 Å². The highest BCUT2D eigenvalue weighted by molar-refractivity contribution is 7.19. The normalized spacial score (nSPS) is 11.5. The average Bonchev–Trinajstić information content (AvgIpc) is 3.21. The molecule has 0 N–H and O–H groups in total. The summed E-state index contributed by atoms with van der Waals surface area (Å²) < 4.78 is 9.01. The number of hydrogen-bond donors (Lipinski definition) is 0. The Morgan fingerprint density at radius 3 is 2.90 bits per heavy atom. The summed E-state index contributed by atoms with van der Waals surface area (Å²) >= 11 is 1.46. The van der Waals surface area contributed by atoms with Crippen molar-refractivity contribution in [1.29, 1.82) is 0 Å². The van der Waals surface area contributed by atoms with E-state index in [1.54, 1.807) is 10.8 Å². The molecule has 0 atom stereocenters. The van der Waals surface area contributed by atoms with Crippen LogP contribution in [0.1, 0.15) is 12.6 Å². The van der Waals surface area contributed by atoms with Crippen molar-refractivity contribution in [3.8, 4) is 22.3 Å². The Bertz CT molecular complexity index is 901. The first-order valence-corrected chi connectivity index (χ1v) is 7.39. The molecule has 0 aromatic carbocycles. The zero-order valence-corrected chi connectivity index (χ0v) is 12.3. The fraction of sp³-hybridized carbons (Fsp3) is 0.231. The van der Waals surface area contributed by atoms with E-state index in [-0.39, 0.29) is 0 Å². The Morgan fingerprint density at radius 2 is 2.19 bits per heavy atom. The van der Waals surface area contributed by atoms with E-state index in [0.717, 1.165) is 27.9 Å². The van der Waals surface area contributed by atoms with Gasteiger partial charge in [0, 0.05) is 12.2 Å². The van der Waals surface area contributed by atoms with E-state index in [9.17, 15) is 0 Å².